The van der Waals surface area contributed by atoms with Gasteiger partial charge in [-0.25, -0.2) is 0 Å². The van der Waals surface area contributed by atoms with Crippen LogP contribution in [0.5, 0.6) is 11.5 Å². The molecule has 0 aliphatic heterocycles. The Morgan fingerprint density at radius 3 is 2.42 bits per heavy atom. The molecule has 0 atom stereocenters. The first-order valence-electron chi connectivity index (χ1n) is 10.6. The number of aliphatic hydroxyl groups is 1. The molecule has 0 aromatic heterocycles. The van der Waals surface area contributed by atoms with Gasteiger partial charge >= 0.3 is 0 Å². The fraction of sp³-hybridized carbons (Fsp3) is 0.185. The van der Waals surface area contributed by atoms with Crippen LogP contribution in [0.4, 0.5) is 0 Å². The van der Waals surface area contributed by atoms with Crippen molar-refractivity contribution in [2.45, 2.75) is 24.7 Å². The number of carbonyl (C=O) groups is 1. The molecule has 0 heterocycles. The molecule has 1 saturated carbocycles. The maximum absolute atomic E-state index is 12.7. The number of nitriles is 1. The summed E-state index contributed by atoms with van der Waals surface area (Å²) in [7, 11) is 0. The first kappa shape index (κ1) is 22.4. The predicted molar refractivity (Wildman–Crippen MR) is 128 cm³/mol. The average Bonchev–Trinajstić information content (AvgIpc) is 3.60. The van der Waals surface area contributed by atoms with Gasteiger partial charge in [-0.1, -0.05) is 36.4 Å². The number of rotatable bonds is 8. The number of benzene rings is 3. The summed E-state index contributed by atoms with van der Waals surface area (Å²) >= 11 is 5.99. The zero-order valence-corrected chi connectivity index (χ0v) is 18.7. The smallest absolute Gasteiger partial charge is 0.251 e. The van der Waals surface area contributed by atoms with Crippen molar-refractivity contribution in [3.05, 3.63) is 106 Å². The number of nitrogens with zero attached hydrogens (tertiary/aromatic N) is 1. The highest BCUT2D eigenvalue weighted by Gasteiger charge is 2.44. The van der Waals surface area contributed by atoms with Crippen LogP contribution in [0, 0.1) is 11.3 Å². The summed E-state index contributed by atoms with van der Waals surface area (Å²) in [5.41, 5.74) is 2.84. The van der Waals surface area contributed by atoms with Gasteiger partial charge in [0.1, 0.15) is 17.6 Å². The molecule has 0 unspecified atom stereocenters. The molecule has 0 saturated heterocycles. The van der Waals surface area contributed by atoms with Crippen molar-refractivity contribution >= 4 is 17.5 Å². The summed E-state index contributed by atoms with van der Waals surface area (Å²) in [5, 5.41) is 22.5. The van der Waals surface area contributed by atoms with Crippen molar-refractivity contribution in [2.24, 2.45) is 0 Å². The second-order valence-corrected chi connectivity index (χ2v) is 8.72. The lowest BCUT2D eigenvalue weighted by molar-refractivity contribution is 0.0949. The number of aliphatic hydroxyl groups excluding tert-OH is 1. The van der Waals surface area contributed by atoms with E-state index in [1.807, 2.05) is 24.3 Å². The van der Waals surface area contributed by atoms with E-state index < -0.39 is 0 Å². The van der Waals surface area contributed by atoms with Crippen LogP contribution in [0.1, 0.15) is 39.9 Å². The van der Waals surface area contributed by atoms with Gasteiger partial charge in [-0.3, -0.25) is 4.79 Å². The third-order valence-electron chi connectivity index (χ3n) is 5.81. The van der Waals surface area contributed by atoms with E-state index in [0.29, 0.717) is 34.2 Å². The van der Waals surface area contributed by atoms with Gasteiger partial charge in [0.25, 0.3) is 5.91 Å². The first-order chi connectivity index (χ1) is 15.9. The molecule has 3 aromatic carbocycles. The van der Waals surface area contributed by atoms with Crippen LogP contribution in [-0.4, -0.2) is 17.6 Å². The molecular formula is C27H23ClN2O3. The summed E-state index contributed by atoms with van der Waals surface area (Å²) in [6.45, 7) is 4.04. The lowest BCUT2D eigenvalue weighted by Crippen LogP contribution is -2.32. The molecule has 0 radical (unpaired) electrons. The van der Waals surface area contributed by atoms with E-state index in [4.69, 9.17) is 16.3 Å². The zero-order valence-electron chi connectivity index (χ0n) is 18.0. The molecule has 166 valence electrons. The molecular weight excluding hydrogens is 436 g/mol. The predicted octanol–water partition coefficient (Wildman–Crippen LogP) is 6.08. The van der Waals surface area contributed by atoms with E-state index in [1.54, 1.807) is 42.5 Å². The summed E-state index contributed by atoms with van der Waals surface area (Å²) in [6.07, 6.45) is 2.35. The highest BCUT2D eigenvalue weighted by Crippen LogP contribution is 2.47. The third-order valence-corrected chi connectivity index (χ3v) is 6.07. The molecule has 5 nitrogen and oxygen atoms in total. The van der Waals surface area contributed by atoms with Gasteiger partial charge < -0.3 is 15.2 Å². The molecule has 1 fully saturated rings. The number of carbonyl (C=O) groups excluding carboxylic acids is 1. The van der Waals surface area contributed by atoms with Crippen LogP contribution >= 0.6 is 11.6 Å². The number of hydrogen-bond donors (Lipinski definition) is 2. The second-order valence-electron chi connectivity index (χ2n) is 8.28. The molecule has 3 aromatic rings. The van der Waals surface area contributed by atoms with E-state index in [9.17, 15) is 15.2 Å². The Balaban J connectivity index is 1.38. The van der Waals surface area contributed by atoms with Gasteiger partial charge in [0, 0.05) is 29.0 Å². The summed E-state index contributed by atoms with van der Waals surface area (Å²) in [5.74, 6) is 0.804. The third kappa shape index (κ3) is 5.36. The Hall–Kier alpha value is -3.75. The van der Waals surface area contributed by atoms with Gasteiger partial charge in [0.15, 0.2) is 0 Å². The van der Waals surface area contributed by atoms with E-state index >= 15 is 0 Å². The number of amides is 1. The van der Waals surface area contributed by atoms with Crippen LogP contribution in [0.25, 0.3) is 0 Å². The molecule has 2 N–H and O–H groups in total. The number of ether oxygens (including phenoxy) is 1. The van der Waals surface area contributed by atoms with Crippen LogP contribution in [-0.2, 0) is 11.8 Å². The van der Waals surface area contributed by atoms with E-state index in [-0.39, 0.29) is 23.5 Å². The van der Waals surface area contributed by atoms with E-state index in [2.05, 4.69) is 18.0 Å². The van der Waals surface area contributed by atoms with Crippen LogP contribution in [0.2, 0.25) is 5.02 Å². The monoisotopic (exact) mass is 458 g/mol. The van der Waals surface area contributed by atoms with Gasteiger partial charge in [0.05, 0.1) is 11.3 Å². The van der Waals surface area contributed by atoms with Crippen molar-refractivity contribution in [3.63, 3.8) is 0 Å². The first-order valence-corrected chi connectivity index (χ1v) is 11.0. The van der Waals surface area contributed by atoms with Crippen molar-refractivity contribution < 1.29 is 14.6 Å². The molecule has 1 aliphatic carbocycles. The van der Waals surface area contributed by atoms with Crippen molar-refractivity contribution in [1.29, 1.82) is 5.26 Å². The molecule has 1 amide bonds. The summed E-state index contributed by atoms with van der Waals surface area (Å²) in [6, 6.07) is 21.8. The zero-order chi connectivity index (χ0) is 23.4. The Morgan fingerprint density at radius 1 is 1.12 bits per heavy atom. The Morgan fingerprint density at radius 2 is 1.82 bits per heavy atom. The standard InChI is InChI=1S/C27H23ClN2O3/c1-18(31)14-19-2-11-25(21(15-19)16-29)33-24-9-3-20(4-10-24)26(32)30-17-27(12-13-27)22-5-7-23(28)8-6-22/h2-11,15,31H,1,12-14,17H2,(H,30,32). The Bertz CT molecular complexity index is 1220. The quantitative estimate of drug-likeness (QED) is 0.401. The fourth-order valence-corrected chi connectivity index (χ4v) is 3.90. The van der Waals surface area contributed by atoms with Gasteiger partial charge in [-0.15, -0.1) is 0 Å². The van der Waals surface area contributed by atoms with E-state index in [0.717, 1.165) is 18.4 Å². The molecule has 6 heteroatoms. The number of nitrogens with one attached hydrogen (secondary N) is 1. The van der Waals surface area contributed by atoms with Crippen LogP contribution in [0.15, 0.2) is 79.1 Å². The highest BCUT2D eigenvalue weighted by molar-refractivity contribution is 6.30. The lowest BCUT2D eigenvalue weighted by Gasteiger charge is -2.17. The van der Waals surface area contributed by atoms with Crippen molar-refractivity contribution in [1.82, 2.24) is 5.32 Å². The normalized spacial score (nSPS) is 13.6. The molecule has 4 rings (SSSR count). The Kier molecular flexibility index (Phi) is 6.39. The molecule has 0 spiro atoms. The van der Waals surface area contributed by atoms with Crippen molar-refractivity contribution in [3.8, 4) is 17.6 Å². The van der Waals surface area contributed by atoms with Crippen LogP contribution in [0.3, 0.4) is 0 Å². The SMILES string of the molecule is C=C(O)Cc1ccc(Oc2ccc(C(=O)NCC3(c4ccc(Cl)cc4)CC3)cc2)c(C#N)c1. The van der Waals surface area contributed by atoms with Crippen molar-refractivity contribution in [2.75, 3.05) is 6.54 Å². The lowest BCUT2D eigenvalue weighted by atomic mass is 9.96. The minimum atomic E-state index is -0.145. The highest BCUT2D eigenvalue weighted by atomic mass is 35.5. The summed E-state index contributed by atoms with van der Waals surface area (Å²) in [4.78, 5) is 12.7. The molecule has 33 heavy (non-hydrogen) atoms. The second kappa shape index (κ2) is 9.40. The van der Waals surface area contributed by atoms with Gasteiger partial charge in [-0.05, 0) is 72.5 Å². The van der Waals surface area contributed by atoms with E-state index in [1.165, 1.54) is 5.56 Å². The fourth-order valence-electron chi connectivity index (χ4n) is 3.77. The number of allylic oxidation sites excluding steroid dienone is 1. The maximum Gasteiger partial charge on any atom is 0.251 e. The minimum Gasteiger partial charge on any atom is -0.513 e. The van der Waals surface area contributed by atoms with Crippen LogP contribution < -0.4 is 10.1 Å². The largest absolute Gasteiger partial charge is 0.513 e. The average molecular weight is 459 g/mol. The number of hydrogen-bond acceptors (Lipinski definition) is 4. The minimum absolute atomic E-state index is 0.00839. The molecule has 0 bridgehead atoms. The molecule has 1 aliphatic rings. The summed E-state index contributed by atoms with van der Waals surface area (Å²) < 4.78 is 5.84. The topological polar surface area (TPSA) is 82.3 Å². The van der Waals surface area contributed by atoms with Gasteiger partial charge in [-0.2, -0.15) is 5.26 Å². The maximum atomic E-state index is 12.7. The number of halogens is 1. The Labute approximate surface area is 197 Å². The van der Waals surface area contributed by atoms with Gasteiger partial charge in [0.2, 0.25) is 0 Å².